The molecule has 0 aromatic heterocycles. The molecule has 0 bridgehead atoms. The lowest BCUT2D eigenvalue weighted by atomic mass is 10.2. The lowest BCUT2D eigenvalue weighted by Crippen LogP contribution is -2.26. The second-order valence-electron chi connectivity index (χ2n) is 4.54. The molecule has 0 heterocycles. The predicted molar refractivity (Wildman–Crippen MR) is 92.2 cm³/mol. The monoisotopic (exact) mass is 320 g/mol. The summed E-state index contributed by atoms with van der Waals surface area (Å²) in [5.74, 6) is 0. The first-order valence-corrected chi connectivity index (χ1v) is 8.33. The van der Waals surface area contributed by atoms with E-state index in [1.807, 2.05) is 0 Å². The van der Waals surface area contributed by atoms with Gasteiger partial charge in [-0.25, -0.2) is 0 Å². The molecule has 0 aromatic carbocycles. The average molecular weight is 321 g/mol. The molecule has 2 N–H and O–H groups in total. The van der Waals surface area contributed by atoms with Crippen molar-refractivity contribution < 1.29 is 9.47 Å². The molecule has 0 aliphatic carbocycles. The predicted octanol–water partition coefficient (Wildman–Crippen LogP) is 3.15. The van der Waals surface area contributed by atoms with Gasteiger partial charge in [-0.05, 0) is 50.1 Å². The van der Waals surface area contributed by atoms with Gasteiger partial charge >= 0.3 is 0 Å². The van der Waals surface area contributed by atoms with Crippen molar-refractivity contribution in [3.63, 3.8) is 0 Å². The molecule has 0 rings (SSSR count). The van der Waals surface area contributed by atoms with Crippen molar-refractivity contribution in [1.29, 1.82) is 0 Å². The Morgan fingerprint density at radius 3 is 1.50 bits per heavy atom. The molecule has 0 fully saturated rings. The van der Waals surface area contributed by atoms with Gasteiger partial charge in [-0.2, -0.15) is 0 Å². The smallest absolute Gasteiger partial charge is 0.256 e. The van der Waals surface area contributed by atoms with Crippen molar-refractivity contribution >= 4 is 34.8 Å². The first kappa shape index (κ1) is 19.4. The Morgan fingerprint density at radius 1 is 0.750 bits per heavy atom. The van der Waals surface area contributed by atoms with Gasteiger partial charge in [0.2, 0.25) is 0 Å². The molecule has 0 aliphatic heterocycles. The van der Waals surface area contributed by atoms with E-state index >= 15 is 0 Å². The first-order chi connectivity index (χ1) is 9.70. The summed E-state index contributed by atoms with van der Waals surface area (Å²) in [6.07, 6.45) is 6.53. The van der Waals surface area contributed by atoms with Gasteiger partial charge in [0.15, 0.2) is 0 Å². The van der Waals surface area contributed by atoms with E-state index in [2.05, 4.69) is 24.5 Å². The second-order valence-corrected chi connectivity index (χ2v) is 5.28. The van der Waals surface area contributed by atoms with Crippen molar-refractivity contribution in [1.82, 2.24) is 10.6 Å². The van der Waals surface area contributed by atoms with E-state index in [0.717, 1.165) is 38.8 Å². The Bertz CT molecular complexity index is 238. The van der Waals surface area contributed by atoms with Gasteiger partial charge in [-0.3, -0.25) is 0 Å². The summed E-state index contributed by atoms with van der Waals surface area (Å²) < 4.78 is 10.6. The standard InChI is InChI=1S/C14H28N2O2S2/c1-3-11-17-13(19)15-9-7-5-6-8-10-16-14(20)18-12-4-2/h3-12H2,1-2H3,(H,15,19)(H,16,20). The largest absolute Gasteiger partial charge is 0.471 e. The minimum atomic E-state index is 0.520. The van der Waals surface area contributed by atoms with E-state index in [4.69, 9.17) is 33.9 Å². The Morgan fingerprint density at radius 2 is 1.15 bits per heavy atom. The molecular formula is C14H28N2O2S2. The van der Waals surface area contributed by atoms with Crippen LogP contribution in [0.5, 0.6) is 0 Å². The summed E-state index contributed by atoms with van der Waals surface area (Å²) in [5, 5.41) is 7.25. The molecule has 0 saturated carbocycles. The van der Waals surface area contributed by atoms with Crippen molar-refractivity contribution in [2.24, 2.45) is 0 Å². The van der Waals surface area contributed by atoms with Crippen LogP contribution in [0.25, 0.3) is 0 Å². The van der Waals surface area contributed by atoms with Gasteiger partial charge in [0.1, 0.15) is 0 Å². The Kier molecular flexibility index (Phi) is 14.3. The van der Waals surface area contributed by atoms with Crippen LogP contribution in [0.1, 0.15) is 52.4 Å². The fraction of sp³-hybridized carbons (Fsp3) is 0.857. The topological polar surface area (TPSA) is 42.5 Å². The van der Waals surface area contributed by atoms with Gasteiger partial charge in [0.05, 0.1) is 13.2 Å². The minimum Gasteiger partial charge on any atom is -0.471 e. The highest BCUT2D eigenvalue weighted by atomic mass is 32.1. The molecule has 0 spiro atoms. The van der Waals surface area contributed by atoms with Crippen LogP contribution >= 0.6 is 24.4 Å². The van der Waals surface area contributed by atoms with Crippen LogP contribution in [0.3, 0.4) is 0 Å². The van der Waals surface area contributed by atoms with Crippen LogP contribution in [0.2, 0.25) is 0 Å². The quantitative estimate of drug-likeness (QED) is 0.450. The van der Waals surface area contributed by atoms with Crippen molar-refractivity contribution in [2.75, 3.05) is 26.3 Å². The van der Waals surface area contributed by atoms with Crippen LogP contribution in [-0.4, -0.2) is 36.7 Å². The highest BCUT2D eigenvalue weighted by molar-refractivity contribution is 7.80. The van der Waals surface area contributed by atoms with E-state index in [-0.39, 0.29) is 0 Å². The molecule has 0 radical (unpaired) electrons. The maximum atomic E-state index is 5.28. The summed E-state index contributed by atoms with van der Waals surface area (Å²) in [6.45, 7) is 7.28. The maximum Gasteiger partial charge on any atom is 0.256 e. The van der Waals surface area contributed by atoms with Crippen molar-refractivity contribution in [3.05, 3.63) is 0 Å². The molecule has 20 heavy (non-hydrogen) atoms. The Balaban J connectivity index is 3.20. The summed E-state index contributed by atoms with van der Waals surface area (Å²) in [5.41, 5.74) is 0. The molecule has 6 heteroatoms. The lowest BCUT2D eigenvalue weighted by Gasteiger charge is -2.09. The number of hydrogen-bond acceptors (Lipinski definition) is 4. The fourth-order valence-corrected chi connectivity index (χ4v) is 1.85. The Labute approximate surface area is 134 Å². The number of ether oxygens (including phenoxy) is 2. The normalized spacial score (nSPS) is 9.90. The molecule has 0 aromatic rings. The highest BCUT2D eigenvalue weighted by Gasteiger charge is 1.97. The number of unbranched alkanes of at least 4 members (excludes halogenated alkanes) is 3. The van der Waals surface area contributed by atoms with Gasteiger partial charge < -0.3 is 20.1 Å². The zero-order chi connectivity index (χ0) is 15.1. The van der Waals surface area contributed by atoms with Crippen molar-refractivity contribution in [3.8, 4) is 0 Å². The van der Waals surface area contributed by atoms with E-state index in [9.17, 15) is 0 Å². The van der Waals surface area contributed by atoms with Crippen LogP contribution < -0.4 is 10.6 Å². The lowest BCUT2D eigenvalue weighted by molar-refractivity contribution is 0.297. The Hall–Kier alpha value is -0.620. The SMILES string of the molecule is CCCOC(=S)NCCCCCCNC(=S)OCCC. The average Bonchev–Trinajstić information content (AvgIpc) is 2.45. The molecule has 4 nitrogen and oxygen atoms in total. The molecule has 0 aliphatic rings. The number of nitrogens with one attached hydrogen (secondary N) is 2. The van der Waals surface area contributed by atoms with Crippen LogP contribution in [0, 0.1) is 0 Å². The third-order valence-electron chi connectivity index (χ3n) is 2.52. The minimum absolute atomic E-state index is 0.520. The molecule has 118 valence electrons. The highest BCUT2D eigenvalue weighted by Crippen LogP contribution is 1.98. The molecule has 0 atom stereocenters. The van der Waals surface area contributed by atoms with Crippen LogP contribution in [0.15, 0.2) is 0 Å². The summed E-state index contributed by atoms with van der Waals surface area (Å²) in [4.78, 5) is 0. The number of thiocarbonyl (C=S) groups is 2. The molecule has 0 unspecified atom stereocenters. The summed E-state index contributed by atoms with van der Waals surface area (Å²) in [7, 11) is 0. The van der Waals surface area contributed by atoms with E-state index < -0.39 is 0 Å². The summed E-state index contributed by atoms with van der Waals surface area (Å²) >= 11 is 10.1. The molecule has 0 saturated heterocycles. The molecule has 0 amide bonds. The fourth-order valence-electron chi connectivity index (χ4n) is 1.48. The third kappa shape index (κ3) is 13.8. The van der Waals surface area contributed by atoms with Gasteiger partial charge in [0, 0.05) is 13.1 Å². The maximum absolute atomic E-state index is 5.28. The van der Waals surface area contributed by atoms with Crippen LogP contribution in [-0.2, 0) is 9.47 Å². The van der Waals surface area contributed by atoms with E-state index in [1.165, 1.54) is 12.8 Å². The first-order valence-electron chi connectivity index (χ1n) is 7.52. The number of rotatable bonds is 11. The number of hydrogen-bond donors (Lipinski definition) is 2. The third-order valence-corrected chi connectivity index (χ3v) is 3.04. The zero-order valence-corrected chi connectivity index (χ0v) is 14.3. The van der Waals surface area contributed by atoms with Crippen LogP contribution in [0.4, 0.5) is 0 Å². The van der Waals surface area contributed by atoms with Gasteiger partial charge in [-0.15, -0.1) is 0 Å². The van der Waals surface area contributed by atoms with E-state index in [0.29, 0.717) is 23.6 Å². The van der Waals surface area contributed by atoms with Gasteiger partial charge in [-0.1, -0.05) is 26.7 Å². The second kappa shape index (κ2) is 14.8. The van der Waals surface area contributed by atoms with Gasteiger partial charge in [0.25, 0.3) is 10.3 Å². The summed E-state index contributed by atoms with van der Waals surface area (Å²) in [6, 6.07) is 0. The zero-order valence-electron chi connectivity index (χ0n) is 12.7. The molecular weight excluding hydrogens is 292 g/mol. The van der Waals surface area contributed by atoms with E-state index in [1.54, 1.807) is 0 Å². The van der Waals surface area contributed by atoms with Crippen molar-refractivity contribution in [2.45, 2.75) is 52.4 Å².